The fourth-order valence-corrected chi connectivity index (χ4v) is 4.54. The lowest BCUT2D eigenvalue weighted by molar-refractivity contribution is -0.115. The molecule has 1 amide bonds. The maximum atomic E-state index is 13.5. The summed E-state index contributed by atoms with van der Waals surface area (Å²) in [5.74, 6) is -0.378. The van der Waals surface area contributed by atoms with Crippen LogP contribution in [0.5, 0.6) is 0 Å². The molecule has 4 aromatic rings. The molecule has 0 bridgehead atoms. The standard InChI is InChI=1S/C26H20FN3OS/c1-17-5-2-3-8-22(17)28-26-29-25(31)24(32-26)15-18-9-10-23-20(13-18)11-12-30(23)16-19-6-4-7-21(27)14-19/h2-15H,16H2,1H3,(H,28,29,31)/b24-15+. The molecule has 3 aromatic carbocycles. The lowest BCUT2D eigenvalue weighted by atomic mass is 10.1. The van der Waals surface area contributed by atoms with Gasteiger partial charge in [-0.2, -0.15) is 0 Å². The number of hydrogen-bond acceptors (Lipinski definition) is 3. The second kappa shape index (κ2) is 8.48. The molecule has 1 saturated heterocycles. The number of nitrogens with zero attached hydrogens (tertiary/aromatic N) is 2. The molecule has 0 radical (unpaired) electrons. The number of carbonyl (C=O) groups excluding carboxylic acids is 1. The third kappa shape index (κ3) is 4.22. The summed E-state index contributed by atoms with van der Waals surface area (Å²) in [6.45, 7) is 2.59. The Labute approximate surface area is 189 Å². The van der Waals surface area contributed by atoms with E-state index in [4.69, 9.17) is 0 Å². The zero-order chi connectivity index (χ0) is 22.1. The van der Waals surface area contributed by atoms with Gasteiger partial charge in [0.25, 0.3) is 5.91 Å². The van der Waals surface area contributed by atoms with Crippen LogP contribution in [-0.4, -0.2) is 15.6 Å². The number of carbonyl (C=O) groups is 1. The average Bonchev–Trinajstić information content (AvgIpc) is 3.32. The zero-order valence-corrected chi connectivity index (χ0v) is 18.2. The summed E-state index contributed by atoms with van der Waals surface area (Å²) in [6.07, 6.45) is 3.88. The van der Waals surface area contributed by atoms with Crippen molar-refractivity contribution >= 4 is 45.5 Å². The highest BCUT2D eigenvalue weighted by Gasteiger charge is 2.24. The van der Waals surface area contributed by atoms with Crippen molar-refractivity contribution in [3.63, 3.8) is 0 Å². The number of para-hydroxylation sites is 1. The van der Waals surface area contributed by atoms with Crippen molar-refractivity contribution in [3.05, 3.63) is 106 Å². The van der Waals surface area contributed by atoms with Crippen LogP contribution < -0.4 is 5.32 Å². The van der Waals surface area contributed by atoms with E-state index in [1.54, 1.807) is 12.1 Å². The second-order valence-corrected chi connectivity index (χ2v) is 8.69. The molecule has 6 heteroatoms. The quantitative estimate of drug-likeness (QED) is 0.393. The number of amides is 1. The Morgan fingerprint density at radius 3 is 2.78 bits per heavy atom. The first-order valence-electron chi connectivity index (χ1n) is 10.2. The summed E-state index contributed by atoms with van der Waals surface area (Å²) in [5.41, 5.74) is 4.81. The van der Waals surface area contributed by atoms with Crippen LogP contribution in [0.1, 0.15) is 16.7 Å². The van der Waals surface area contributed by atoms with Crippen molar-refractivity contribution in [2.24, 2.45) is 4.99 Å². The van der Waals surface area contributed by atoms with Crippen LogP contribution in [0.2, 0.25) is 0 Å². The summed E-state index contributed by atoms with van der Waals surface area (Å²) in [6, 6.07) is 22.6. The highest BCUT2D eigenvalue weighted by Crippen LogP contribution is 2.30. The van der Waals surface area contributed by atoms with Crippen molar-refractivity contribution in [3.8, 4) is 0 Å². The molecule has 5 rings (SSSR count). The Morgan fingerprint density at radius 1 is 1.06 bits per heavy atom. The van der Waals surface area contributed by atoms with Crippen molar-refractivity contribution in [1.29, 1.82) is 0 Å². The van der Waals surface area contributed by atoms with Crippen LogP contribution in [0.25, 0.3) is 17.0 Å². The number of thioether (sulfide) groups is 1. The van der Waals surface area contributed by atoms with E-state index in [9.17, 15) is 9.18 Å². The maximum absolute atomic E-state index is 13.5. The van der Waals surface area contributed by atoms with Gasteiger partial charge < -0.3 is 9.88 Å². The summed E-state index contributed by atoms with van der Waals surface area (Å²) in [5, 5.41) is 4.49. The van der Waals surface area contributed by atoms with E-state index in [2.05, 4.69) is 20.9 Å². The molecule has 1 fully saturated rings. The average molecular weight is 442 g/mol. The van der Waals surface area contributed by atoms with Gasteiger partial charge in [0, 0.05) is 23.6 Å². The van der Waals surface area contributed by atoms with E-state index in [0.717, 1.165) is 33.3 Å². The van der Waals surface area contributed by atoms with E-state index >= 15 is 0 Å². The van der Waals surface area contributed by atoms with E-state index in [1.165, 1.54) is 17.8 Å². The van der Waals surface area contributed by atoms with Crippen LogP contribution in [0.15, 0.2) is 88.9 Å². The molecule has 32 heavy (non-hydrogen) atoms. The molecule has 1 aliphatic rings. The molecular weight excluding hydrogens is 421 g/mol. The molecular formula is C26H20FN3OS. The molecule has 0 unspecified atom stereocenters. The first kappa shape index (κ1) is 20.3. The molecule has 0 aliphatic carbocycles. The molecule has 0 atom stereocenters. The highest BCUT2D eigenvalue weighted by atomic mass is 32.2. The first-order valence-corrected chi connectivity index (χ1v) is 11.1. The van der Waals surface area contributed by atoms with Crippen LogP contribution in [-0.2, 0) is 11.3 Å². The Morgan fingerprint density at radius 2 is 1.94 bits per heavy atom. The van der Waals surface area contributed by atoms with Gasteiger partial charge in [0.1, 0.15) is 5.82 Å². The summed E-state index contributed by atoms with van der Waals surface area (Å²) in [4.78, 5) is 17.6. The van der Waals surface area contributed by atoms with Gasteiger partial charge >= 0.3 is 0 Å². The van der Waals surface area contributed by atoms with Gasteiger partial charge in [0.2, 0.25) is 0 Å². The second-order valence-electron chi connectivity index (χ2n) is 7.66. The van der Waals surface area contributed by atoms with E-state index in [1.807, 2.05) is 67.7 Å². The van der Waals surface area contributed by atoms with Gasteiger partial charge in [-0.1, -0.05) is 36.4 Å². The Bertz CT molecular complexity index is 1400. The predicted octanol–water partition coefficient (Wildman–Crippen LogP) is 6.03. The van der Waals surface area contributed by atoms with Crippen molar-refractivity contribution in [2.75, 3.05) is 0 Å². The van der Waals surface area contributed by atoms with Gasteiger partial charge in [-0.25, -0.2) is 9.38 Å². The number of hydrogen-bond donors (Lipinski definition) is 1. The van der Waals surface area contributed by atoms with Gasteiger partial charge in [0.05, 0.1) is 10.6 Å². The topological polar surface area (TPSA) is 46.4 Å². The minimum Gasteiger partial charge on any atom is -0.343 e. The number of nitrogens with one attached hydrogen (secondary N) is 1. The predicted molar refractivity (Wildman–Crippen MR) is 129 cm³/mol. The Kier molecular flexibility index (Phi) is 5.37. The fourth-order valence-electron chi connectivity index (χ4n) is 3.71. The van der Waals surface area contributed by atoms with Crippen molar-refractivity contribution in [2.45, 2.75) is 13.5 Å². The number of fused-ring (bicyclic) bond motifs is 1. The molecule has 0 saturated carbocycles. The van der Waals surface area contributed by atoms with Crippen LogP contribution in [0.3, 0.4) is 0 Å². The summed E-state index contributed by atoms with van der Waals surface area (Å²) < 4.78 is 15.6. The Balaban J connectivity index is 1.38. The van der Waals surface area contributed by atoms with E-state index in [-0.39, 0.29) is 11.7 Å². The van der Waals surface area contributed by atoms with E-state index < -0.39 is 0 Å². The normalized spacial score (nSPS) is 16.2. The monoisotopic (exact) mass is 441 g/mol. The molecule has 1 aromatic heterocycles. The smallest absolute Gasteiger partial charge is 0.264 e. The van der Waals surface area contributed by atoms with E-state index in [0.29, 0.717) is 16.6 Å². The summed E-state index contributed by atoms with van der Waals surface area (Å²) >= 11 is 1.34. The summed E-state index contributed by atoms with van der Waals surface area (Å²) in [7, 11) is 0. The number of amidine groups is 1. The van der Waals surface area contributed by atoms with Crippen molar-refractivity contribution < 1.29 is 9.18 Å². The molecule has 4 nitrogen and oxygen atoms in total. The molecule has 1 aliphatic heterocycles. The SMILES string of the molecule is Cc1ccccc1N=C1NC(=O)/C(=C\c2ccc3c(ccn3Cc3cccc(F)c3)c2)S1. The number of aromatic nitrogens is 1. The molecule has 0 spiro atoms. The lowest BCUT2D eigenvalue weighted by Gasteiger charge is -2.06. The number of benzene rings is 3. The number of rotatable bonds is 4. The number of halogens is 1. The highest BCUT2D eigenvalue weighted by molar-refractivity contribution is 8.18. The Hall–Kier alpha value is -3.64. The van der Waals surface area contributed by atoms with Crippen molar-refractivity contribution in [1.82, 2.24) is 9.88 Å². The van der Waals surface area contributed by atoms with Crippen LogP contribution in [0, 0.1) is 12.7 Å². The van der Waals surface area contributed by atoms with Gasteiger partial charge in [-0.15, -0.1) is 0 Å². The lowest BCUT2D eigenvalue weighted by Crippen LogP contribution is -2.19. The maximum Gasteiger partial charge on any atom is 0.264 e. The van der Waals surface area contributed by atoms with Gasteiger partial charge in [-0.05, 0) is 77.9 Å². The van der Waals surface area contributed by atoms with Gasteiger partial charge in [-0.3, -0.25) is 4.79 Å². The number of aryl methyl sites for hydroxylation is 1. The minimum atomic E-state index is -0.231. The van der Waals surface area contributed by atoms with Crippen LogP contribution in [0.4, 0.5) is 10.1 Å². The third-order valence-corrected chi connectivity index (χ3v) is 6.23. The fraction of sp³-hybridized carbons (Fsp3) is 0.0769. The molecule has 158 valence electrons. The largest absolute Gasteiger partial charge is 0.343 e. The molecule has 2 heterocycles. The minimum absolute atomic E-state index is 0.147. The molecule has 1 N–H and O–H groups in total. The third-order valence-electron chi connectivity index (χ3n) is 5.32. The van der Waals surface area contributed by atoms with Gasteiger partial charge in [0.15, 0.2) is 5.17 Å². The van der Waals surface area contributed by atoms with Crippen LogP contribution >= 0.6 is 11.8 Å². The number of aliphatic imine (C=N–C) groups is 1. The first-order chi connectivity index (χ1) is 15.5. The zero-order valence-electron chi connectivity index (χ0n) is 17.4.